The summed E-state index contributed by atoms with van der Waals surface area (Å²) >= 11 is 6.18. The first-order chi connectivity index (χ1) is 11.0. The number of nitrogens with one attached hydrogen (secondary N) is 2. The van der Waals surface area contributed by atoms with Crippen molar-refractivity contribution in [1.82, 2.24) is 0 Å². The highest BCUT2D eigenvalue weighted by molar-refractivity contribution is 6.34. The zero-order valence-electron chi connectivity index (χ0n) is 12.3. The normalized spacial score (nSPS) is 20.2. The van der Waals surface area contributed by atoms with Gasteiger partial charge in [0, 0.05) is 12.1 Å². The van der Waals surface area contributed by atoms with E-state index in [1.807, 2.05) is 6.92 Å². The zero-order chi connectivity index (χ0) is 16.4. The van der Waals surface area contributed by atoms with E-state index in [9.17, 15) is 9.59 Å². The van der Waals surface area contributed by atoms with Crippen LogP contribution >= 0.6 is 11.6 Å². The first-order valence-corrected chi connectivity index (χ1v) is 7.52. The predicted molar refractivity (Wildman–Crippen MR) is 85.7 cm³/mol. The summed E-state index contributed by atoms with van der Waals surface area (Å²) < 4.78 is 10.1. The average molecular weight is 335 g/mol. The maximum absolute atomic E-state index is 11.9. The summed E-state index contributed by atoms with van der Waals surface area (Å²) in [6, 6.07) is 7.85. The minimum atomic E-state index is -0.385. The van der Waals surface area contributed by atoms with Crippen LogP contribution in [-0.4, -0.2) is 24.0 Å². The van der Waals surface area contributed by atoms with E-state index in [2.05, 4.69) is 10.6 Å². The summed E-state index contributed by atoms with van der Waals surface area (Å²) in [5.41, 5.74) is 1.14. The number of hydrogen-bond donors (Lipinski definition) is 2. The van der Waals surface area contributed by atoms with Gasteiger partial charge in [0.1, 0.15) is 12.1 Å². The molecule has 0 bridgehead atoms. The standard InChI is InChI=1S/C16H15ClN2O4/c1-9-7-13(16(21)23-9)18-10-4-5-12(11(17)8-10)19-15(20)14-3-2-6-22-14/h2-6,8-9,13,18H,7H2,1H3,(H,19,20). The first-order valence-electron chi connectivity index (χ1n) is 7.14. The van der Waals surface area contributed by atoms with Crippen LogP contribution in [0.5, 0.6) is 0 Å². The molecule has 2 atom stereocenters. The van der Waals surface area contributed by atoms with Crippen LogP contribution < -0.4 is 10.6 Å². The number of benzene rings is 1. The van der Waals surface area contributed by atoms with Gasteiger partial charge in [-0.1, -0.05) is 11.6 Å². The molecule has 1 aliphatic rings. The molecule has 7 heteroatoms. The number of cyclic esters (lactones) is 1. The van der Waals surface area contributed by atoms with Gasteiger partial charge in [0.2, 0.25) is 0 Å². The van der Waals surface area contributed by atoms with Crippen molar-refractivity contribution >= 4 is 34.9 Å². The maximum atomic E-state index is 11.9. The van der Waals surface area contributed by atoms with Crippen molar-refractivity contribution in [1.29, 1.82) is 0 Å². The minimum Gasteiger partial charge on any atom is -0.461 e. The van der Waals surface area contributed by atoms with E-state index in [4.69, 9.17) is 20.8 Å². The summed E-state index contributed by atoms with van der Waals surface area (Å²) in [5.74, 6) is -0.458. The van der Waals surface area contributed by atoms with Crippen molar-refractivity contribution in [3.05, 3.63) is 47.4 Å². The van der Waals surface area contributed by atoms with Crippen LogP contribution in [0.2, 0.25) is 5.02 Å². The number of amides is 1. The van der Waals surface area contributed by atoms with Crippen LogP contribution in [0.25, 0.3) is 0 Å². The molecule has 1 aromatic heterocycles. The molecule has 3 rings (SSSR count). The Balaban J connectivity index is 1.68. The van der Waals surface area contributed by atoms with E-state index in [0.717, 1.165) is 0 Å². The first kappa shape index (κ1) is 15.4. The second-order valence-corrected chi connectivity index (χ2v) is 5.71. The molecule has 0 radical (unpaired) electrons. The Morgan fingerprint density at radius 3 is 2.78 bits per heavy atom. The Kier molecular flexibility index (Phi) is 4.25. The molecule has 1 aromatic carbocycles. The Labute approximate surface area is 137 Å². The van der Waals surface area contributed by atoms with E-state index in [1.165, 1.54) is 6.26 Å². The number of hydrogen-bond acceptors (Lipinski definition) is 5. The van der Waals surface area contributed by atoms with Gasteiger partial charge in [0.25, 0.3) is 5.91 Å². The molecular formula is C16H15ClN2O4. The van der Waals surface area contributed by atoms with Crippen molar-refractivity contribution in [2.24, 2.45) is 0 Å². The second kappa shape index (κ2) is 6.34. The van der Waals surface area contributed by atoms with Crippen LogP contribution in [-0.2, 0) is 9.53 Å². The van der Waals surface area contributed by atoms with Crippen LogP contribution in [0, 0.1) is 0 Å². The molecule has 2 unspecified atom stereocenters. The molecule has 1 amide bonds. The highest BCUT2D eigenvalue weighted by Crippen LogP contribution is 2.28. The van der Waals surface area contributed by atoms with Crippen LogP contribution in [0.3, 0.4) is 0 Å². The smallest absolute Gasteiger partial charge is 0.328 e. The molecular weight excluding hydrogens is 320 g/mol. The Morgan fingerprint density at radius 2 is 2.17 bits per heavy atom. The number of carbonyl (C=O) groups excluding carboxylic acids is 2. The highest BCUT2D eigenvalue weighted by Gasteiger charge is 2.31. The third-order valence-electron chi connectivity index (χ3n) is 3.47. The van der Waals surface area contributed by atoms with Crippen molar-refractivity contribution in [2.45, 2.75) is 25.5 Å². The molecule has 0 spiro atoms. The molecule has 1 saturated heterocycles. The third kappa shape index (κ3) is 3.48. The number of furan rings is 1. The molecule has 0 aliphatic carbocycles. The fourth-order valence-electron chi connectivity index (χ4n) is 2.37. The molecule has 6 nitrogen and oxygen atoms in total. The van der Waals surface area contributed by atoms with Gasteiger partial charge in [0.15, 0.2) is 5.76 Å². The molecule has 0 saturated carbocycles. The van der Waals surface area contributed by atoms with Crippen molar-refractivity contribution in [3.8, 4) is 0 Å². The van der Waals surface area contributed by atoms with Crippen LogP contribution in [0.4, 0.5) is 11.4 Å². The van der Waals surface area contributed by atoms with Crippen molar-refractivity contribution < 1.29 is 18.7 Å². The Bertz CT molecular complexity index is 730. The lowest BCUT2D eigenvalue weighted by Gasteiger charge is -2.12. The number of rotatable bonds is 4. The number of esters is 1. The molecule has 120 valence electrons. The lowest BCUT2D eigenvalue weighted by molar-refractivity contribution is -0.141. The average Bonchev–Trinajstić information content (AvgIpc) is 3.12. The van der Waals surface area contributed by atoms with E-state index in [1.54, 1.807) is 30.3 Å². The van der Waals surface area contributed by atoms with Crippen molar-refractivity contribution in [2.75, 3.05) is 10.6 Å². The van der Waals surface area contributed by atoms with E-state index in [-0.39, 0.29) is 29.8 Å². The maximum Gasteiger partial charge on any atom is 0.328 e. The third-order valence-corrected chi connectivity index (χ3v) is 3.79. The summed E-state index contributed by atoms with van der Waals surface area (Å²) in [7, 11) is 0. The van der Waals surface area contributed by atoms with Crippen LogP contribution in [0.15, 0.2) is 41.0 Å². The van der Waals surface area contributed by atoms with Crippen LogP contribution in [0.1, 0.15) is 23.9 Å². The quantitative estimate of drug-likeness (QED) is 0.838. The van der Waals surface area contributed by atoms with Gasteiger partial charge < -0.3 is 19.8 Å². The fraction of sp³-hybridized carbons (Fsp3) is 0.250. The van der Waals surface area contributed by atoms with Crippen molar-refractivity contribution in [3.63, 3.8) is 0 Å². The van der Waals surface area contributed by atoms with E-state index < -0.39 is 0 Å². The summed E-state index contributed by atoms with van der Waals surface area (Å²) in [4.78, 5) is 23.6. The van der Waals surface area contributed by atoms with E-state index >= 15 is 0 Å². The Morgan fingerprint density at radius 1 is 1.35 bits per heavy atom. The molecule has 2 N–H and O–H groups in total. The molecule has 23 heavy (non-hydrogen) atoms. The van der Waals surface area contributed by atoms with Gasteiger partial charge in [-0.15, -0.1) is 0 Å². The van der Waals surface area contributed by atoms with Gasteiger partial charge in [0.05, 0.1) is 17.0 Å². The highest BCUT2D eigenvalue weighted by atomic mass is 35.5. The molecule has 2 heterocycles. The zero-order valence-corrected chi connectivity index (χ0v) is 13.1. The summed E-state index contributed by atoms with van der Waals surface area (Å²) in [6.45, 7) is 1.85. The number of carbonyl (C=O) groups is 2. The van der Waals surface area contributed by atoms with E-state index in [0.29, 0.717) is 22.8 Å². The summed E-state index contributed by atoms with van der Waals surface area (Å²) in [6.07, 6.45) is 1.93. The lowest BCUT2D eigenvalue weighted by Crippen LogP contribution is -2.24. The number of halogens is 1. The largest absolute Gasteiger partial charge is 0.461 e. The van der Waals surface area contributed by atoms with Gasteiger partial charge in [-0.05, 0) is 37.3 Å². The SMILES string of the molecule is CC1CC(Nc2ccc(NC(=O)c3ccco3)c(Cl)c2)C(=O)O1. The minimum absolute atomic E-state index is 0.0951. The van der Waals surface area contributed by atoms with Gasteiger partial charge in [-0.2, -0.15) is 0 Å². The van der Waals surface area contributed by atoms with Gasteiger partial charge in [-0.3, -0.25) is 4.79 Å². The van der Waals surface area contributed by atoms with Gasteiger partial charge in [-0.25, -0.2) is 4.79 Å². The fourth-order valence-corrected chi connectivity index (χ4v) is 2.60. The Hall–Kier alpha value is -2.47. The summed E-state index contributed by atoms with van der Waals surface area (Å²) in [5, 5.41) is 6.10. The predicted octanol–water partition coefficient (Wildman–Crippen LogP) is 3.30. The second-order valence-electron chi connectivity index (χ2n) is 5.31. The molecule has 1 aliphatic heterocycles. The molecule has 2 aromatic rings. The monoisotopic (exact) mass is 334 g/mol. The number of anilines is 2. The molecule has 1 fully saturated rings. The number of ether oxygens (including phenoxy) is 1. The van der Waals surface area contributed by atoms with Gasteiger partial charge >= 0.3 is 5.97 Å². The topological polar surface area (TPSA) is 80.6 Å². The lowest BCUT2D eigenvalue weighted by atomic mass is 10.1.